The summed E-state index contributed by atoms with van der Waals surface area (Å²) in [5, 5.41) is 9.74. The smallest absolute Gasteiger partial charge is 0.437 e. The van der Waals surface area contributed by atoms with Crippen LogP contribution < -0.4 is 20.1 Å². The van der Waals surface area contributed by atoms with Crippen LogP contribution in [0.15, 0.2) is 78.9 Å². The van der Waals surface area contributed by atoms with Crippen LogP contribution >= 0.6 is 0 Å². The molecule has 1 aromatic heterocycles. The van der Waals surface area contributed by atoms with Crippen LogP contribution in [0.1, 0.15) is 11.3 Å². The van der Waals surface area contributed by atoms with Crippen LogP contribution in [0, 0.1) is 13.8 Å². The number of anilines is 2. The zero-order valence-corrected chi connectivity index (χ0v) is 18.8. The number of aromatic nitrogens is 2. The van der Waals surface area contributed by atoms with Gasteiger partial charge in [0.1, 0.15) is 5.75 Å². The van der Waals surface area contributed by atoms with Crippen LogP contribution in [0.3, 0.4) is 0 Å². The molecule has 0 radical (unpaired) electrons. The van der Waals surface area contributed by atoms with Gasteiger partial charge in [-0.3, -0.25) is 0 Å². The van der Waals surface area contributed by atoms with Crippen molar-refractivity contribution in [2.24, 2.45) is 0 Å². The number of aryl methyl sites for hydroxylation is 2. The Morgan fingerprint density at radius 2 is 1.60 bits per heavy atom. The number of alkyl halides is 3. The average Bonchev–Trinajstić information content (AvgIpc) is 3.16. The van der Waals surface area contributed by atoms with E-state index in [1.54, 1.807) is 35.0 Å². The summed E-state index contributed by atoms with van der Waals surface area (Å²) in [4.78, 5) is 12.5. The zero-order valence-electron chi connectivity index (χ0n) is 18.8. The second-order valence-electron chi connectivity index (χ2n) is 7.62. The largest absolute Gasteiger partial charge is 0.573 e. The van der Waals surface area contributed by atoms with Crippen LogP contribution in [0.5, 0.6) is 17.4 Å². The summed E-state index contributed by atoms with van der Waals surface area (Å²) < 4.78 is 48.5. The maximum absolute atomic E-state index is 12.5. The fourth-order valence-corrected chi connectivity index (χ4v) is 3.22. The molecule has 3 aromatic carbocycles. The summed E-state index contributed by atoms with van der Waals surface area (Å²) in [6.07, 6.45) is -4.79. The number of carbonyl (C=O) groups is 1. The fourth-order valence-electron chi connectivity index (χ4n) is 3.22. The summed E-state index contributed by atoms with van der Waals surface area (Å²) in [5.41, 5.74) is 3.35. The van der Waals surface area contributed by atoms with Crippen molar-refractivity contribution in [2.45, 2.75) is 20.2 Å². The van der Waals surface area contributed by atoms with Gasteiger partial charge < -0.3 is 20.1 Å². The van der Waals surface area contributed by atoms with Gasteiger partial charge in [0.15, 0.2) is 5.75 Å². The van der Waals surface area contributed by atoms with Crippen molar-refractivity contribution in [3.05, 3.63) is 90.1 Å². The number of benzene rings is 3. The van der Waals surface area contributed by atoms with Crippen molar-refractivity contribution in [3.63, 3.8) is 0 Å². The second-order valence-corrected chi connectivity index (χ2v) is 7.62. The van der Waals surface area contributed by atoms with Crippen LogP contribution in [-0.2, 0) is 0 Å². The van der Waals surface area contributed by atoms with Gasteiger partial charge in [0.2, 0.25) is 5.88 Å². The number of halogens is 3. The molecule has 0 spiro atoms. The molecule has 2 amide bonds. The van der Waals surface area contributed by atoms with E-state index in [9.17, 15) is 18.0 Å². The lowest BCUT2D eigenvalue weighted by molar-refractivity contribution is -0.274. The van der Waals surface area contributed by atoms with Crippen molar-refractivity contribution in [3.8, 4) is 23.1 Å². The highest BCUT2D eigenvalue weighted by molar-refractivity contribution is 6.00. The topological polar surface area (TPSA) is 77.4 Å². The third-order valence-electron chi connectivity index (χ3n) is 4.77. The lowest BCUT2D eigenvalue weighted by Crippen LogP contribution is -2.20. The van der Waals surface area contributed by atoms with Crippen LogP contribution in [-0.4, -0.2) is 22.2 Å². The van der Waals surface area contributed by atoms with Gasteiger partial charge in [-0.05, 0) is 62.4 Å². The van der Waals surface area contributed by atoms with Crippen molar-refractivity contribution in [1.29, 1.82) is 0 Å². The number of urea groups is 1. The Labute approximate surface area is 199 Å². The molecular formula is C25H21F3N4O3. The molecule has 7 nitrogen and oxygen atoms in total. The minimum Gasteiger partial charge on any atom is -0.437 e. The molecule has 2 N–H and O–H groups in total. The molecule has 0 atom stereocenters. The monoisotopic (exact) mass is 482 g/mol. The number of para-hydroxylation sites is 2. The molecule has 0 aliphatic heterocycles. The van der Waals surface area contributed by atoms with Gasteiger partial charge >= 0.3 is 12.4 Å². The van der Waals surface area contributed by atoms with E-state index in [-0.39, 0.29) is 11.4 Å². The molecule has 10 heteroatoms. The Morgan fingerprint density at radius 3 is 2.29 bits per heavy atom. The quantitative estimate of drug-likeness (QED) is 0.316. The molecular weight excluding hydrogens is 461 g/mol. The van der Waals surface area contributed by atoms with Gasteiger partial charge in [-0.25, -0.2) is 9.48 Å². The fraction of sp³-hybridized carbons (Fsp3) is 0.120. The van der Waals surface area contributed by atoms with Crippen molar-refractivity contribution >= 4 is 17.4 Å². The summed E-state index contributed by atoms with van der Waals surface area (Å²) in [5.74, 6) is 0.453. The van der Waals surface area contributed by atoms with Crippen LogP contribution in [0.2, 0.25) is 0 Å². The van der Waals surface area contributed by atoms with E-state index in [4.69, 9.17) is 4.74 Å². The molecule has 0 fully saturated rings. The molecule has 0 aliphatic rings. The zero-order chi connectivity index (χ0) is 25.0. The van der Waals surface area contributed by atoms with E-state index in [1.165, 1.54) is 12.1 Å². The van der Waals surface area contributed by atoms with Gasteiger partial charge in [-0.15, -0.1) is 13.2 Å². The Balaban J connectivity index is 1.48. The van der Waals surface area contributed by atoms with E-state index in [1.807, 2.05) is 38.1 Å². The van der Waals surface area contributed by atoms with Gasteiger partial charge in [-0.2, -0.15) is 5.10 Å². The summed E-state index contributed by atoms with van der Waals surface area (Å²) in [6, 6.07) is 20.6. The van der Waals surface area contributed by atoms with E-state index in [2.05, 4.69) is 20.5 Å². The first-order valence-electron chi connectivity index (χ1n) is 10.5. The molecule has 0 unspecified atom stereocenters. The minimum absolute atomic E-state index is 0.281. The molecule has 0 saturated heterocycles. The number of ether oxygens (including phenoxy) is 2. The molecule has 0 saturated carbocycles. The SMILES string of the molecule is Cc1ccc(-n2nc(C)cc2Oc2ccccc2NC(=O)Nc2ccc(OC(F)(F)F)cc2)cc1. The van der Waals surface area contributed by atoms with E-state index in [0.29, 0.717) is 17.3 Å². The molecule has 1 heterocycles. The lowest BCUT2D eigenvalue weighted by atomic mass is 10.2. The van der Waals surface area contributed by atoms with Gasteiger partial charge in [-0.1, -0.05) is 29.8 Å². The average molecular weight is 482 g/mol. The predicted octanol–water partition coefficient (Wildman–Crippen LogP) is 6.82. The maximum Gasteiger partial charge on any atom is 0.573 e. The highest BCUT2D eigenvalue weighted by atomic mass is 19.4. The number of nitrogens with zero attached hydrogens (tertiary/aromatic N) is 2. The van der Waals surface area contributed by atoms with E-state index in [0.717, 1.165) is 29.1 Å². The van der Waals surface area contributed by atoms with Gasteiger partial charge in [0.25, 0.3) is 0 Å². The third kappa shape index (κ3) is 6.32. The second kappa shape index (κ2) is 9.80. The molecule has 4 aromatic rings. The highest BCUT2D eigenvalue weighted by Crippen LogP contribution is 2.31. The van der Waals surface area contributed by atoms with Crippen LogP contribution in [0.4, 0.5) is 29.3 Å². The number of nitrogens with one attached hydrogen (secondary N) is 2. The van der Waals surface area contributed by atoms with Crippen molar-refractivity contribution < 1.29 is 27.4 Å². The Hall–Kier alpha value is -4.47. The van der Waals surface area contributed by atoms with Gasteiger partial charge in [0.05, 0.1) is 17.1 Å². The predicted molar refractivity (Wildman–Crippen MR) is 125 cm³/mol. The first-order chi connectivity index (χ1) is 16.7. The molecule has 180 valence electrons. The Kier molecular flexibility index (Phi) is 6.63. The molecule has 35 heavy (non-hydrogen) atoms. The molecule has 0 bridgehead atoms. The van der Waals surface area contributed by atoms with Gasteiger partial charge in [0, 0.05) is 11.8 Å². The summed E-state index contributed by atoms with van der Waals surface area (Å²) in [7, 11) is 0. The van der Waals surface area contributed by atoms with E-state index < -0.39 is 12.4 Å². The number of amides is 2. The Morgan fingerprint density at radius 1 is 0.914 bits per heavy atom. The Bertz CT molecular complexity index is 1320. The number of hydrogen-bond donors (Lipinski definition) is 2. The third-order valence-corrected chi connectivity index (χ3v) is 4.77. The van der Waals surface area contributed by atoms with Crippen LogP contribution in [0.25, 0.3) is 5.69 Å². The van der Waals surface area contributed by atoms with Crippen molar-refractivity contribution in [1.82, 2.24) is 9.78 Å². The molecule has 4 rings (SSSR count). The minimum atomic E-state index is -4.79. The standard InChI is InChI=1S/C25H21F3N4O3/c1-16-7-11-19(12-8-16)32-23(15-17(2)31-32)34-22-6-4-3-5-21(22)30-24(33)29-18-9-13-20(14-10-18)35-25(26,27)28/h3-15H,1-2H3,(H2,29,30,33). The van der Waals surface area contributed by atoms with E-state index >= 15 is 0 Å². The first-order valence-corrected chi connectivity index (χ1v) is 10.5. The molecule has 0 aliphatic carbocycles. The highest BCUT2D eigenvalue weighted by Gasteiger charge is 2.31. The maximum atomic E-state index is 12.5. The van der Waals surface area contributed by atoms with Crippen molar-refractivity contribution in [2.75, 3.05) is 10.6 Å². The summed E-state index contributed by atoms with van der Waals surface area (Å²) >= 11 is 0. The lowest BCUT2D eigenvalue weighted by Gasteiger charge is -2.14. The number of rotatable bonds is 6. The first kappa shape index (κ1) is 23.7. The number of hydrogen-bond acceptors (Lipinski definition) is 4. The number of carbonyl (C=O) groups excluding carboxylic acids is 1. The summed E-state index contributed by atoms with van der Waals surface area (Å²) in [6.45, 7) is 3.84. The normalized spacial score (nSPS) is 11.1.